The summed E-state index contributed by atoms with van der Waals surface area (Å²) in [5.41, 5.74) is 0. The average Bonchev–Trinajstić information content (AvgIpc) is 2.86. The Bertz CT molecular complexity index is 170. The third kappa shape index (κ3) is 6.39. The van der Waals surface area contributed by atoms with E-state index in [4.69, 9.17) is 4.74 Å². The first-order chi connectivity index (χ1) is 8.38. The van der Waals surface area contributed by atoms with Crippen LogP contribution in [0.1, 0.15) is 46.0 Å². The van der Waals surface area contributed by atoms with E-state index in [0.29, 0.717) is 0 Å². The zero-order chi connectivity index (χ0) is 12.3. The molecule has 0 aromatic heterocycles. The van der Waals surface area contributed by atoms with Crippen LogP contribution < -0.4 is 5.32 Å². The topological polar surface area (TPSA) is 24.5 Å². The van der Waals surface area contributed by atoms with Gasteiger partial charge >= 0.3 is 0 Å². The van der Waals surface area contributed by atoms with Crippen molar-refractivity contribution in [1.29, 1.82) is 0 Å². The van der Waals surface area contributed by atoms with Crippen molar-refractivity contribution in [2.45, 2.75) is 52.0 Å². The van der Waals surface area contributed by atoms with Gasteiger partial charge in [-0.1, -0.05) is 19.8 Å². The second kappa shape index (κ2) is 9.86. The third-order valence-electron chi connectivity index (χ3n) is 3.67. The van der Waals surface area contributed by atoms with Crippen LogP contribution in [0.15, 0.2) is 0 Å². The lowest BCUT2D eigenvalue weighted by Gasteiger charge is -2.27. The van der Waals surface area contributed by atoms with Crippen LogP contribution in [0.2, 0.25) is 0 Å². The van der Waals surface area contributed by atoms with Gasteiger partial charge in [-0.2, -0.15) is 0 Å². The summed E-state index contributed by atoms with van der Waals surface area (Å²) >= 11 is 0. The SMILES string of the molecule is CCOCCCNCCN(CC)C1CCCC1. The summed E-state index contributed by atoms with van der Waals surface area (Å²) in [6, 6.07) is 0.866. The number of nitrogens with one attached hydrogen (secondary N) is 1. The maximum Gasteiger partial charge on any atom is 0.0477 e. The average molecular weight is 242 g/mol. The molecule has 1 N–H and O–H groups in total. The number of rotatable bonds is 10. The smallest absolute Gasteiger partial charge is 0.0477 e. The van der Waals surface area contributed by atoms with Gasteiger partial charge in [-0.05, 0) is 39.3 Å². The predicted molar refractivity (Wildman–Crippen MR) is 73.5 cm³/mol. The molecule has 1 saturated carbocycles. The lowest BCUT2D eigenvalue weighted by atomic mass is 10.2. The molecule has 1 aliphatic carbocycles. The summed E-state index contributed by atoms with van der Waals surface area (Å²) in [6.07, 6.45) is 6.83. The summed E-state index contributed by atoms with van der Waals surface area (Å²) < 4.78 is 5.31. The summed E-state index contributed by atoms with van der Waals surface area (Å²) in [5.74, 6) is 0. The molecule has 1 aliphatic rings. The summed E-state index contributed by atoms with van der Waals surface area (Å²) in [7, 11) is 0. The standard InChI is InChI=1S/C14H30N2O/c1-3-16(14-8-5-6-9-14)12-11-15-10-7-13-17-4-2/h14-15H,3-13H2,1-2H3. The molecule has 3 heteroatoms. The minimum atomic E-state index is 0.839. The van der Waals surface area contributed by atoms with Crippen LogP contribution >= 0.6 is 0 Å². The van der Waals surface area contributed by atoms with Crippen molar-refractivity contribution in [3.8, 4) is 0 Å². The highest BCUT2D eigenvalue weighted by Gasteiger charge is 2.20. The molecule has 0 aromatic carbocycles. The van der Waals surface area contributed by atoms with Crippen molar-refractivity contribution in [1.82, 2.24) is 10.2 Å². The highest BCUT2D eigenvalue weighted by molar-refractivity contribution is 4.77. The fourth-order valence-electron chi connectivity index (χ4n) is 2.66. The molecule has 0 spiro atoms. The van der Waals surface area contributed by atoms with Gasteiger partial charge in [-0.25, -0.2) is 0 Å². The van der Waals surface area contributed by atoms with Crippen LogP contribution in [0.4, 0.5) is 0 Å². The minimum absolute atomic E-state index is 0.839. The Hall–Kier alpha value is -0.120. The molecule has 0 atom stereocenters. The van der Waals surface area contributed by atoms with Gasteiger partial charge in [0.25, 0.3) is 0 Å². The molecular weight excluding hydrogens is 212 g/mol. The Balaban J connectivity index is 1.96. The lowest BCUT2D eigenvalue weighted by molar-refractivity contribution is 0.144. The van der Waals surface area contributed by atoms with Crippen LogP contribution in [0.5, 0.6) is 0 Å². The first-order valence-electron chi connectivity index (χ1n) is 7.41. The highest BCUT2D eigenvalue weighted by atomic mass is 16.5. The molecule has 1 fully saturated rings. The van der Waals surface area contributed by atoms with Gasteiger partial charge in [-0.15, -0.1) is 0 Å². The summed E-state index contributed by atoms with van der Waals surface area (Å²) in [5, 5.41) is 3.51. The summed E-state index contributed by atoms with van der Waals surface area (Å²) in [4.78, 5) is 2.64. The molecule has 0 radical (unpaired) electrons. The molecule has 102 valence electrons. The Morgan fingerprint density at radius 2 is 1.94 bits per heavy atom. The predicted octanol–water partition coefficient (Wildman–Crippen LogP) is 2.27. The van der Waals surface area contributed by atoms with Gasteiger partial charge in [-0.3, -0.25) is 4.90 Å². The Morgan fingerprint density at radius 1 is 1.18 bits per heavy atom. The van der Waals surface area contributed by atoms with E-state index in [9.17, 15) is 0 Å². The molecule has 1 rings (SSSR count). The maximum atomic E-state index is 5.31. The molecule has 0 amide bonds. The largest absolute Gasteiger partial charge is 0.382 e. The molecule has 0 aliphatic heterocycles. The second-order valence-electron chi connectivity index (χ2n) is 4.87. The van der Waals surface area contributed by atoms with Crippen molar-refractivity contribution in [3.05, 3.63) is 0 Å². The van der Waals surface area contributed by atoms with Gasteiger partial charge < -0.3 is 10.1 Å². The number of likely N-dealkylation sites (N-methyl/N-ethyl adjacent to an activating group) is 1. The normalized spacial score (nSPS) is 17.1. The molecule has 0 bridgehead atoms. The van der Waals surface area contributed by atoms with Crippen LogP contribution in [-0.4, -0.2) is 50.3 Å². The van der Waals surface area contributed by atoms with Crippen molar-refractivity contribution in [2.24, 2.45) is 0 Å². The Labute approximate surface area is 107 Å². The monoisotopic (exact) mass is 242 g/mol. The third-order valence-corrected chi connectivity index (χ3v) is 3.67. The fraction of sp³-hybridized carbons (Fsp3) is 1.00. The minimum Gasteiger partial charge on any atom is -0.382 e. The van der Waals surface area contributed by atoms with Crippen LogP contribution in [-0.2, 0) is 4.74 Å². The van der Waals surface area contributed by atoms with Crippen molar-refractivity contribution in [3.63, 3.8) is 0 Å². The molecule has 0 unspecified atom stereocenters. The van der Waals surface area contributed by atoms with E-state index in [1.165, 1.54) is 38.8 Å². The summed E-state index contributed by atoms with van der Waals surface area (Å²) in [6.45, 7) is 10.7. The van der Waals surface area contributed by atoms with Gasteiger partial charge in [0.15, 0.2) is 0 Å². The zero-order valence-corrected chi connectivity index (χ0v) is 11.7. The number of hydrogen-bond acceptors (Lipinski definition) is 3. The highest BCUT2D eigenvalue weighted by Crippen LogP contribution is 2.22. The van der Waals surface area contributed by atoms with Crippen molar-refractivity contribution >= 4 is 0 Å². The fourth-order valence-corrected chi connectivity index (χ4v) is 2.66. The molecule has 0 heterocycles. The van der Waals surface area contributed by atoms with Gasteiger partial charge in [0.2, 0.25) is 0 Å². The van der Waals surface area contributed by atoms with E-state index in [1.807, 2.05) is 6.92 Å². The van der Waals surface area contributed by atoms with Crippen LogP contribution in [0.25, 0.3) is 0 Å². The first-order valence-corrected chi connectivity index (χ1v) is 7.41. The zero-order valence-electron chi connectivity index (χ0n) is 11.7. The molecule has 0 aromatic rings. The van der Waals surface area contributed by atoms with Gasteiger partial charge in [0.05, 0.1) is 0 Å². The molecule has 0 saturated heterocycles. The van der Waals surface area contributed by atoms with Crippen molar-refractivity contribution in [2.75, 3.05) is 39.4 Å². The Morgan fingerprint density at radius 3 is 2.59 bits per heavy atom. The van der Waals surface area contributed by atoms with E-state index < -0.39 is 0 Å². The molecule has 17 heavy (non-hydrogen) atoms. The van der Waals surface area contributed by atoms with E-state index >= 15 is 0 Å². The van der Waals surface area contributed by atoms with E-state index in [-0.39, 0.29) is 0 Å². The lowest BCUT2D eigenvalue weighted by Crippen LogP contribution is -2.38. The van der Waals surface area contributed by atoms with E-state index in [0.717, 1.165) is 38.8 Å². The number of nitrogens with zero attached hydrogens (tertiary/aromatic N) is 1. The Kier molecular flexibility index (Phi) is 8.67. The molecular formula is C14H30N2O. The van der Waals surface area contributed by atoms with Crippen molar-refractivity contribution < 1.29 is 4.74 Å². The first kappa shape index (κ1) is 14.9. The van der Waals surface area contributed by atoms with Gasteiger partial charge in [0, 0.05) is 32.3 Å². The van der Waals surface area contributed by atoms with Crippen LogP contribution in [0.3, 0.4) is 0 Å². The number of hydrogen-bond donors (Lipinski definition) is 1. The van der Waals surface area contributed by atoms with E-state index in [2.05, 4.69) is 17.1 Å². The number of ether oxygens (including phenoxy) is 1. The second-order valence-corrected chi connectivity index (χ2v) is 4.87. The van der Waals surface area contributed by atoms with E-state index in [1.54, 1.807) is 0 Å². The van der Waals surface area contributed by atoms with Gasteiger partial charge in [0.1, 0.15) is 0 Å². The maximum absolute atomic E-state index is 5.31. The quantitative estimate of drug-likeness (QED) is 0.595. The van der Waals surface area contributed by atoms with Crippen LogP contribution in [0, 0.1) is 0 Å². The molecule has 3 nitrogen and oxygen atoms in total.